The van der Waals surface area contributed by atoms with Crippen molar-refractivity contribution in [1.29, 1.82) is 0 Å². The van der Waals surface area contributed by atoms with Crippen LogP contribution < -0.4 is 14.4 Å². The number of halogens is 1. The average molecular weight is 505 g/mol. The molecule has 4 aromatic rings. The van der Waals surface area contributed by atoms with Crippen LogP contribution in [0.25, 0.3) is 16.0 Å². The highest BCUT2D eigenvalue weighted by molar-refractivity contribution is 7.22. The lowest BCUT2D eigenvalue weighted by Crippen LogP contribution is -2.29. The zero-order chi connectivity index (χ0) is 25.6. The number of aliphatic hydroxyl groups is 1. The molecule has 0 bridgehead atoms. The summed E-state index contributed by atoms with van der Waals surface area (Å²) in [4.78, 5) is 32.5. The monoisotopic (exact) mass is 504 g/mol. The van der Waals surface area contributed by atoms with Crippen molar-refractivity contribution in [1.82, 2.24) is 4.98 Å². The van der Waals surface area contributed by atoms with E-state index in [0.29, 0.717) is 28.1 Å². The largest absolute Gasteiger partial charge is 0.507 e. The molecule has 1 amide bonds. The Bertz CT molecular complexity index is 1540. The predicted octanol–water partition coefficient (Wildman–Crippen LogP) is 5.39. The summed E-state index contributed by atoms with van der Waals surface area (Å²) in [5.41, 5.74) is 2.08. The molecule has 1 N–H and O–H groups in total. The fourth-order valence-electron chi connectivity index (χ4n) is 4.29. The second-order valence-electron chi connectivity index (χ2n) is 8.24. The summed E-state index contributed by atoms with van der Waals surface area (Å²) in [6, 6.07) is 14.7. The maximum atomic E-state index is 13.8. The van der Waals surface area contributed by atoms with Gasteiger partial charge in [-0.05, 0) is 66.6 Å². The lowest BCUT2D eigenvalue weighted by atomic mass is 9.95. The number of aromatic nitrogens is 1. The van der Waals surface area contributed by atoms with E-state index in [-0.39, 0.29) is 16.5 Å². The number of thiazole rings is 1. The van der Waals surface area contributed by atoms with Crippen molar-refractivity contribution in [2.45, 2.75) is 13.0 Å². The highest BCUT2D eigenvalue weighted by Gasteiger charge is 2.48. The van der Waals surface area contributed by atoms with E-state index in [4.69, 9.17) is 9.47 Å². The molecule has 1 aromatic heterocycles. The third-order valence-corrected chi connectivity index (χ3v) is 7.11. The van der Waals surface area contributed by atoms with E-state index in [1.807, 2.05) is 0 Å². The van der Waals surface area contributed by atoms with Crippen LogP contribution in [0.5, 0.6) is 11.5 Å². The van der Waals surface area contributed by atoms with Crippen LogP contribution in [0, 0.1) is 12.7 Å². The van der Waals surface area contributed by atoms with E-state index < -0.39 is 23.5 Å². The molecule has 1 aliphatic heterocycles. The first-order valence-electron chi connectivity index (χ1n) is 11.0. The summed E-state index contributed by atoms with van der Waals surface area (Å²) in [6.45, 7) is 1.81. The number of nitrogens with zero attached hydrogens (tertiary/aromatic N) is 2. The average Bonchev–Trinajstić information content (AvgIpc) is 3.41. The fraction of sp³-hybridized carbons (Fsp3) is 0.148. The van der Waals surface area contributed by atoms with Crippen molar-refractivity contribution < 1.29 is 28.6 Å². The van der Waals surface area contributed by atoms with Crippen LogP contribution in [-0.4, -0.2) is 36.0 Å². The number of carbonyl (C=O) groups excluding carboxylic acids is 2. The molecule has 0 unspecified atom stereocenters. The van der Waals surface area contributed by atoms with Gasteiger partial charge < -0.3 is 14.6 Å². The van der Waals surface area contributed by atoms with Crippen molar-refractivity contribution in [2.75, 3.05) is 19.1 Å². The van der Waals surface area contributed by atoms with Gasteiger partial charge in [0, 0.05) is 5.56 Å². The van der Waals surface area contributed by atoms with Gasteiger partial charge in [-0.1, -0.05) is 23.5 Å². The molecule has 0 spiro atoms. The Morgan fingerprint density at radius 1 is 1.03 bits per heavy atom. The quantitative estimate of drug-likeness (QED) is 0.223. The molecule has 1 aliphatic rings. The van der Waals surface area contributed by atoms with Crippen LogP contribution in [0.15, 0.2) is 66.2 Å². The van der Waals surface area contributed by atoms with Gasteiger partial charge in [0.2, 0.25) is 0 Å². The number of ketones is 1. The Morgan fingerprint density at radius 3 is 2.44 bits per heavy atom. The van der Waals surface area contributed by atoms with Crippen LogP contribution in [0.3, 0.4) is 0 Å². The van der Waals surface area contributed by atoms with E-state index in [0.717, 1.165) is 10.3 Å². The Labute approximate surface area is 210 Å². The standard InChI is InChI=1S/C27H21FN2O5S/c1-14-12-16(6-11-20(14)35-3)24(31)22-23(15-4-7-17(28)8-5-15)30(26(33)25(22)32)27-29-19-10-9-18(34-2)13-21(19)36-27/h4-13,23,31H,1-3H3/t23-/m1/s1. The molecule has 5 rings (SSSR count). The molecule has 0 saturated carbocycles. The molecular weight excluding hydrogens is 483 g/mol. The number of Topliss-reactive ketones (excluding diaryl/α,β-unsaturated/α-hetero) is 1. The molecule has 0 aliphatic carbocycles. The molecule has 36 heavy (non-hydrogen) atoms. The van der Waals surface area contributed by atoms with Crippen molar-refractivity contribution in [3.63, 3.8) is 0 Å². The van der Waals surface area contributed by atoms with Crippen LogP contribution in [0.4, 0.5) is 9.52 Å². The van der Waals surface area contributed by atoms with Gasteiger partial charge in [-0.25, -0.2) is 9.37 Å². The van der Waals surface area contributed by atoms with Gasteiger partial charge in [-0.15, -0.1) is 0 Å². The summed E-state index contributed by atoms with van der Waals surface area (Å²) >= 11 is 1.22. The molecule has 3 aromatic carbocycles. The number of aliphatic hydroxyl groups excluding tert-OH is 1. The Hall–Kier alpha value is -4.24. The number of anilines is 1. The second kappa shape index (κ2) is 9.09. The molecule has 1 fully saturated rings. The van der Waals surface area contributed by atoms with Gasteiger partial charge in [-0.2, -0.15) is 0 Å². The van der Waals surface area contributed by atoms with Gasteiger partial charge in [0.05, 0.1) is 36.1 Å². The maximum absolute atomic E-state index is 13.8. The zero-order valence-electron chi connectivity index (χ0n) is 19.6. The summed E-state index contributed by atoms with van der Waals surface area (Å²) < 4.78 is 25.1. The smallest absolute Gasteiger partial charge is 0.301 e. The molecule has 2 heterocycles. The Balaban J connectivity index is 1.71. The van der Waals surface area contributed by atoms with Gasteiger partial charge in [-0.3, -0.25) is 14.5 Å². The van der Waals surface area contributed by atoms with Gasteiger partial charge in [0.1, 0.15) is 23.1 Å². The van der Waals surface area contributed by atoms with Gasteiger partial charge >= 0.3 is 5.91 Å². The highest BCUT2D eigenvalue weighted by Crippen LogP contribution is 2.44. The number of amides is 1. The maximum Gasteiger partial charge on any atom is 0.301 e. The van der Waals surface area contributed by atoms with Crippen LogP contribution in [0.2, 0.25) is 0 Å². The fourth-order valence-corrected chi connectivity index (χ4v) is 5.32. The first-order chi connectivity index (χ1) is 17.3. The minimum absolute atomic E-state index is 0.104. The van der Waals surface area contributed by atoms with E-state index in [1.54, 1.807) is 50.4 Å². The highest BCUT2D eigenvalue weighted by atomic mass is 32.1. The number of aryl methyl sites for hydroxylation is 1. The zero-order valence-corrected chi connectivity index (χ0v) is 20.4. The number of methoxy groups -OCH3 is 2. The molecule has 1 saturated heterocycles. The van der Waals surface area contributed by atoms with E-state index in [2.05, 4.69) is 4.98 Å². The number of ether oxygens (including phenoxy) is 2. The lowest BCUT2D eigenvalue weighted by Gasteiger charge is -2.23. The van der Waals surface area contributed by atoms with Crippen molar-refractivity contribution >= 4 is 44.1 Å². The number of benzene rings is 3. The Kier molecular flexibility index (Phi) is 5.93. The molecule has 0 radical (unpaired) electrons. The second-order valence-corrected chi connectivity index (χ2v) is 9.24. The number of hydrogen-bond acceptors (Lipinski definition) is 7. The Morgan fingerprint density at radius 2 is 1.78 bits per heavy atom. The molecular formula is C27H21FN2O5S. The van der Waals surface area contributed by atoms with E-state index >= 15 is 0 Å². The minimum Gasteiger partial charge on any atom is -0.507 e. The number of fused-ring (bicyclic) bond motifs is 1. The molecule has 1 atom stereocenters. The van der Waals surface area contributed by atoms with Gasteiger partial charge in [0.25, 0.3) is 5.78 Å². The molecule has 182 valence electrons. The normalized spacial score (nSPS) is 17.1. The van der Waals surface area contributed by atoms with Crippen LogP contribution in [0.1, 0.15) is 22.7 Å². The number of rotatable bonds is 5. The SMILES string of the molecule is COc1ccc2nc(N3C(=O)C(=O)C(=C(O)c4ccc(OC)c(C)c4)[C@H]3c3ccc(F)cc3)sc2c1. The van der Waals surface area contributed by atoms with E-state index in [9.17, 15) is 19.1 Å². The summed E-state index contributed by atoms with van der Waals surface area (Å²) in [5, 5.41) is 11.6. The first-order valence-corrected chi connectivity index (χ1v) is 11.8. The van der Waals surface area contributed by atoms with Crippen molar-refractivity contribution in [2.24, 2.45) is 0 Å². The van der Waals surface area contributed by atoms with Crippen molar-refractivity contribution in [3.8, 4) is 11.5 Å². The van der Waals surface area contributed by atoms with Gasteiger partial charge in [0.15, 0.2) is 5.13 Å². The summed E-state index contributed by atoms with van der Waals surface area (Å²) in [7, 11) is 3.09. The summed E-state index contributed by atoms with van der Waals surface area (Å²) in [6.07, 6.45) is 0. The molecule has 7 nitrogen and oxygen atoms in total. The summed E-state index contributed by atoms with van der Waals surface area (Å²) in [5.74, 6) is -1.24. The minimum atomic E-state index is -1.00. The third-order valence-electron chi connectivity index (χ3n) is 6.09. The molecule has 9 heteroatoms. The van der Waals surface area contributed by atoms with E-state index in [1.165, 1.54) is 47.6 Å². The number of hydrogen-bond donors (Lipinski definition) is 1. The first kappa shape index (κ1) is 23.5. The third kappa shape index (κ3) is 3.87. The number of carbonyl (C=O) groups is 2. The van der Waals surface area contributed by atoms with Crippen molar-refractivity contribution in [3.05, 3.63) is 88.7 Å². The predicted molar refractivity (Wildman–Crippen MR) is 135 cm³/mol. The topological polar surface area (TPSA) is 89.0 Å². The lowest BCUT2D eigenvalue weighted by molar-refractivity contribution is -0.132. The van der Waals surface area contributed by atoms with Crippen LogP contribution in [-0.2, 0) is 9.59 Å². The van der Waals surface area contributed by atoms with Crippen LogP contribution >= 0.6 is 11.3 Å².